The molecule has 202 valence electrons. The third-order valence-corrected chi connectivity index (χ3v) is 10.6. The van der Waals surface area contributed by atoms with Crippen molar-refractivity contribution in [2.24, 2.45) is 0 Å². The minimum atomic E-state index is -1.19. The van der Waals surface area contributed by atoms with Crippen molar-refractivity contribution in [2.45, 2.75) is 70.1 Å². The van der Waals surface area contributed by atoms with Crippen molar-refractivity contribution in [2.75, 3.05) is 44.7 Å². The van der Waals surface area contributed by atoms with Crippen LogP contribution in [0.5, 0.6) is 0 Å². The summed E-state index contributed by atoms with van der Waals surface area (Å²) >= 11 is 2.28. The van der Waals surface area contributed by atoms with E-state index in [1.165, 1.54) is 4.90 Å². The molecular weight excluding hydrogens is 605 g/mol. The van der Waals surface area contributed by atoms with Crippen LogP contribution in [0.1, 0.15) is 24.5 Å². The normalized spacial score (nSPS) is 15.6. The number of carboxylic acid groups (broad SMARTS) is 1. The van der Waals surface area contributed by atoms with E-state index in [1.54, 1.807) is 0 Å². The first-order chi connectivity index (χ1) is 16.8. The van der Waals surface area contributed by atoms with Gasteiger partial charge in [-0.05, 0) is 47.5 Å². The van der Waals surface area contributed by atoms with E-state index >= 15 is 0 Å². The number of ether oxygens (including phenoxy) is 2. The molecule has 1 saturated heterocycles. The van der Waals surface area contributed by atoms with Gasteiger partial charge in [0, 0.05) is 60.1 Å². The van der Waals surface area contributed by atoms with Gasteiger partial charge in [0.1, 0.15) is 19.3 Å². The Balaban J connectivity index is 1.84. The molecule has 36 heavy (non-hydrogen) atoms. The second-order valence-electron chi connectivity index (χ2n) is 12.0. The maximum atomic E-state index is 11.4. The summed E-state index contributed by atoms with van der Waals surface area (Å²) in [5, 5.41) is 14.0. The van der Waals surface area contributed by atoms with Crippen LogP contribution < -0.4 is 4.90 Å². The van der Waals surface area contributed by atoms with Crippen LogP contribution in [0.3, 0.4) is 0 Å². The third kappa shape index (κ3) is 8.67. The molecule has 2 aromatic rings. The summed E-state index contributed by atoms with van der Waals surface area (Å²) in [6, 6.07) is 4.31. The highest BCUT2D eigenvalue weighted by atomic mass is 127. The van der Waals surface area contributed by atoms with Crippen LogP contribution in [0.15, 0.2) is 12.3 Å². The average molecular weight is 648 g/mol. The van der Waals surface area contributed by atoms with Crippen molar-refractivity contribution in [1.82, 2.24) is 19.5 Å². The van der Waals surface area contributed by atoms with Gasteiger partial charge in [-0.25, -0.2) is 9.78 Å². The molecule has 1 N–H and O–H groups in total. The first kappa shape index (κ1) is 29.3. The molecule has 0 aromatic carbocycles. The van der Waals surface area contributed by atoms with E-state index in [1.807, 2.05) is 10.7 Å². The Bertz CT molecular complexity index is 994. The molecule has 12 heteroatoms. The topological polar surface area (TPSA) is 92.4 Å². The molecule has 0 bridgehead atoms. The van der Waals surface area contributed by atoms with Gasteiger partial charge >= 0.3 is 6.09 Å². The van der Waals surface area contributed by atoms with Gasteiger partial charge in [-0.3, -0.25) is 0 Å². The van der Waals surface area contributed by atoms with Gasteiger partial charge in [-0.2, -0.15) is 9.61 Å². The zero-order valence-electron chi connectivity index (χ0n) is 22.6. The molecule has 0 radical (unpaired) electrons. The van der Waals surface area contributed by atoms with Crippen LogP contribution in [-0.4, -0.2) is 86.6 Å². The smallest absolute Gasteiger partial charge is 0.407 e. The lowest BCUT2D eigenvalue weighted by molar-refractivity contribution is 0.0942. The van der Waals surface area contributed by atoms with E-state index in [0.29, 0.717) is 26.6 Å². The standard InChI is InChI=1S/C24H42IN5O4Si2/c1-35(2,3)13-11-33-17-29(18-34-12-14-36(4,5)6)22-15-21(27-23-20(25)16-26-30(22)23)19-7-9-28(10-8-19)24(31)32/h15-16,19H,7-14,17-18H2,1-6H3,(H,31,32). The Hall–Kier alpha value is -1.23. The lowest BCUT2D eigenvalue weighted by atomic mass is 9.93. The Kier molecular flexibility index (Phi) is 10.2. The fourth-order valence-corrected chi connectivity index (χ4v) is 6.00. The van der Waals surface area contributed by atoms with Gasteiger partial charge in [0.25, 0.3) is 0 Å². The van der Waals surface area contributed by atoms with Gasteiger partial charge in [-0.15, -0.1) is 0 Å². The summed E-state index contributed by atoms with van der Waals surface area (Å²) in [6.07, 6.45) is 2.51. The van der Waals surface area contributed by atoms with E-state index in [2.05, 4.69) is 77.9 Å². The quantitative estimate of drug-likeness (QED) is 0.138. The second kappa shape index (κ2) is 12.5. The molecule has 0 spiro atoms. The summed E-state index contributed by atoms with van der Waals surface area (Å²) in [5.74, 6) is 1.11. The number of nitrogens with zero attached hydrogens (tertiary/aromatic N) is 5. The van der Waals surface area contributed by atoms with Crippen LogP contribution in [-0.2, 0) is 9.47 Å². The third-order valence-electron chi connectivity index (χ3n) is 6.42. The Morgan fingerprint density at radius 1 is 1.08 bits per heavy atom. The molecule has 0 atom stereocenters. The number of anilines is 1. The maximum absolute atomic E-state index is 11.4. The fraction of sp³-hybridized carbons (Fsp3) is 0.708. The molecule has 9 nitrogen and oxygen atoms in total. The highest BCUT2D eigenvalue weighted by Gasteiger charge is 2.27. The molecule has 0 saturated carbocycles. The van der Waals surface area contributed by atoms with Crippen molar-refractivity contribution in [3.8, 4) is 0 Å². The van der Waals surface area contributed by atoms with Gasteiger partial charge in [0.05, 0.1) is 9.77 Å². The van der Waals surface area contributed by atoms with E-state index in [-0.39, 0.29) is 5.92 Å². The van der Waals surface area contributed by atoms with E-state index < -0.39 is 22.2 Å². The highest BCUT2D eigenvalue weighted by molar-refractivity contribution is 14.1. The van der Waals surface area contributed by atoms with Crippen LogP contribution >= 0.6 is 22.6 Å². The van der Waals surface area contributed by atoms with Crippen molar-refractivity contribution in [1.29, 1.82) is 0 Å². The molecule has 1 fully saturated rings. The monoisotopic (exact) mass is 647 g/mol. The molecule has 0 aliphatic carbocycles. The molecule has 2 aromatic heterocycles. The Morgan fingerprint density at radius 3 is 2.14 bits per heavy atom. The molecule has 3 rings (SSSR count). The van der Waals surface area contributed by atoms with Gasteiger partial charge < -0.3 is 24.4 Å². The van der Waals surface area contributed by atoms with Crippen LogP contribution in [0.2, 0.25) is 51.4 Å². The number of aromatic nitrogens is 3. The van der Waals surface area contributed by atoms with Gasteiger partial charge in [-0.1, -0.05) is 39.3 Å². The molecule has 3 heterocycles. The zero-order valence-corrected chi connectivity index (χ0v) is 26.7. The van der Waals surface area contributed by atoms with Crippen molar-refractivity contribution < 1.29 is 19.4 Å². The average Bonchev–Trinajstić information content (AvgIpc) is 3.17. The molecule has 1 aliphatic heterocycles. The number of piperidine rings is 1. The number of rotatable bonds is 12. The maximum Gasteiger partial charge on any atom is 0.407 e. The number of halogens is 1. The fourth-order valence-electron chi connectivity index (χ4n) is 4.02. The highest BCUT2D eigenvalue weighted by Crippen LogP contribution is 2.31. The summed E-state index contributed by atoms with van der Waals surface area (Å²) in [5.41, 5.74) is 1.80. The molecule has 0 unspecified atom stereocenters. The van der Waals surface area contributed by atoms with Crippen LogP contribution in [0, 0.1) is 3.57 Å². The van der Waals surface area contributed by atoms with Crippen LogP contribution in [0.25, 0.3) is 5.65 Å². The van der Waals surface area contributed by atoms with Crippen LogP contribution in [0.4, 0.5) is 10.6 Å². The number of hydrogen-bond donors (Lipinski definition) is 1. The van der Waals surface area contributed by atoms with Crippen molar-refractivity contribution in [3.63, 3.8) is 0 Å². The van der Waals surface area contributed by atoms with E-state index in [9.17, 15) is 9.90 Å². The lowest BCUT2D eigenvalue weighted by Crippen LogP contribution is -2.37. The lowest BCUT2D eigenvalue weighted by Gasteiger charge is -2.31. The Morgan fingerprint density at radius 2 is 1.64 bits per heavy atom. The first-order valence-corrected chi connectivity index (χ1v) is 21.3. The largest absolute Gasteiger partial charge is 0.465 e. The minimum absolute atomic E-state index is 0.206. The summed E-state index contributed by atoms with van der Waals surface area (Å²) < 4.78 is 15.2. The number of hydrogen-bond acceptors (Lipinski definition) is 6. The van der Waals surface area contributed by atoms with Crippen molar-refractivity contribution in [3.05, 3.63) is 21.5 Å². The van der Waals surface area contributed by atoms with E-state index in [4.69, 9.17) is 14.5 Å². The second-order valence-corrected chi connectivity index (χ2v) is 24.5. The zero-order chi connectivity index (χ0) is 26.5. The summed E-state index contributed by atoms with van der Waals surface area (Å²) in [7, 11) is -2.38. The number of fused-ring (bicyclic) bond motifs is 1. The summed E-state index contributed by atoms with van der Waals surface area (Å²) in [6.45, 7) is 17.5. The number of likely N-dealkylation sites (tertiary alicyclic amines) is 1. The molecule has 1 aliphatic rings. The predicted octanol–water partition coefficient (Wildman–Crippen LogP) is 5.62. The van der Waals surface area contributed by atoms with Gasteiger partial charge in [0.15, 0.2) is 5.65 Å². The predicted molar refractivity (Wildman–Crippen MR) is 158 cm³/mol. The molecular formula is C24H42IN5O4Si2. The first-order valence-electron chi connectivity index (χ1n) is 12.8. The number of carbonyl (C=O) groups is 1. The van der Waals surface area contributed by atoms with Gasteiger partial charge in [0.2, 0.25) is 0 Å². The van der Waals surface area contributed by atoms with E-state index in [0.717, 1.165) is 58.9 Å². The Labute approximate surface area is 230 Å². The number of amides is 1. The molecule has 1 amide bonds. The van der Waals surface area contributed by atoms with Crippen molar-refractivity contribution >= 4 is 56.3 Å². The SMILES string of the molecule is C[Si](C)(C)CCOCN(COCC[Si](C)(C)C)c1cc(C2CCN(C(=O)O)CC2)nc2c(I)cnn12. The minimum Gasteiger partial charge on any atom is -0.465 e. The summed E-state index contributed by atoms with van der Waals surface area (Å²) in [4.78, 5) is 19.9.